The van der Waals surface area contributed by atoms with E-state index in [1.165, 1.54) is 192 Å². The first-order valence-electron chi connectivity index (χ1n) is 42.2. The number of rotatable bonds is 10. The number of nitrogens with zero attached hydrogens (tertiary/aromatic N) is 3. The molecule has 0 saturated heterocycles. The molecule has 26 rings (SSSR count). The van der Waals surface area contributed by atoms with Gasteiger partial charge >= 0.3 is 0 Å². The molecule has 1 atom stereocenters. The smallest absolute Gasteiger partial charge is 0.0726 e. The molecule has 2 aromatic heterocycles. The maximum atomic E-state index is 2.55. The quantitative estimate of drug-likeness (QED) is 0.135. The third-order valence-electron chi connectivity index (χ3n) is 28.5. The molecule has 0 saturated carbocycles. The maximum absolute atomic E-state index is 2.55. The van der Waals surface area contributed by atoms with Crippen molar-refractivity contribution in [2.24, 2.45) is 0 Å². The van der Waals surface area contributed by atoms with Crippen molar-refractivity contribution in [3.8, 4) is 83.6 Å². The summed E-state index contributed by atoms with van der Waals surface area (Å²) < 4.78 is 5.06. The summed E-state index contributed by atoms with van der Waals surface area (Å²) in [4.78, 5) is 5.06. The molecule has 0 radical (unpaired) electrons. The molecule has 6 aliphatic rings. The zero-order valence-electron chi connectivity index (χ0n) is 66.6. The van der Waals surface area contributed by atoms with Gasteiger partial charge in [-0.05, 0) is 266 Å². The Morgan fingerprint density at radius 2 is 0.575 bits per heavy atom. The van der Waals surface area contributed by atoms with Gasteiger partial charge in [0.15, 0.2) is 0 Å². The second kappa shape index (κ2) is 24.8. The molecular weight excluding hydrogens is 1470 g/mol. The van der Waals surface area contributed by atoms with Crippen molar-refractivity contribution in [1.82, 2.24) is 4.57 Å². The van der Waals surface area contributed by atoms with E-state index in [-0.39, 0.29) is 5.41 Å². The van der Waals surface area contributed by atoms with E-state index in [1.54, 1.807) is 0 Å². The maximum Gasteiger partial charge on any atom is 0.0726 e. The predicted molar refractivity (Wildman–Crippen MR) is 501 cm³/mol. The Bertz CT molecular complexity index is 7660. The number of aromatic nitrogens is 1. The summed E-state index contributed by atoms with van der Waals surface area (Å²) in [5.41, 5.74) is 44.0. The molecule has 0 aliphatic heterocycles. The summed E-state index contributed by atoms with van der Waals surface area (Å²) in [7, 11) is 0. The lowest BCUT2D eigenvalue weighted by molar-refractivity contribution is 0.585. The molecule has 120 heavy (non-hydrogen) atoms. The van der Waals surface area contributed by atoms with E-state index < -0.39 is 16.2 Å². The average molecular weight is 1540 g/mol. The van der Waals surface area contributed by atoms with Crippen molar-refractivity contribution < 1.29 is 0 Å². The highest BCUT2D eigenvalue weighted by Gasteiger charge is 2.54. The number of hydrogen-bond donors (Lipinski definition) is 0. The van der Waals surface area contributed by atoms with Crippen molar-refractivity contribution in [1.29, 1.82) is 0 Å². The Morgan fingerprint density at radius 3 is 1.04 bits per heavy atom. The summed E-state index contributed by atoms with van der Waals surface area (Å²) in [6, 6.07) is 153. The van der Waals surface area contributed by atoms with Crippen LogP contribution in [0.2, 0.25) is 0 Å². The second-order valence-electron chi connectivity index (χ2n) is 34.6. The molecule has 0 fully saturated rings. The highest BCUT2D eigenvalue weighted by Crippen LogP contribution is 2.66. The minimum Gasteiger partial charge on any atom is -0.310 e. The lowest BCUT2D eigenvalue weighted by Gasteiger charge is -2.33. The molecular formula is C116H77N3S. The molecule has 0 amide bonds. The van der Waals surface area contributed by atoms with Crippen molar-refractivity contribution in [2.75, 3.05) is 9.80 Å². The Morgan fingerprint density at radius 1 is 0.242 bits per heavy atom. The molecule has 0 N–H and O–H groups in total. The average Bonchev–Trinajstić information content (AvgIpc) is 1.50. The standard InChI is InChI=1S/C116H77N3S/c1-113(2)97-37-14-4-26-81(97)89-60-56-77(66-105(89)113)117(79-58-62-91-87-32-10-20-43-103(87)115(107(91)68-79)99-39-16-6-28-83(99)84-29-7-17-40-100(84)115)74-50-47-71(48-51-74)72-49-64-111-96(65-72)95-36-24-25-73(112(95)120-111)70-114(3)98-38-15-5-27-82(98)90-61-57-78(67-106(90)114)118(75-52-54-76(55-53-75)119-109-45-22-12-34-93(109)94-35-13-23-46-110(94)119)80-59-63-92-88-33-11-21-44-104(88)116(108(92)69-80)101-41-18-8-30-85(101)86-31-9-19-42-102(86)116/h4-69H,70H2,1-3H3. The molecule has 4 heteroatoms. The van der Waals surface area contributed by atoms with E-state index in [0.29, 0.717) is 0 Å². The highest BCUT2D eigenvalue weighted by molar-refractivity contribution is 7.26. The molecule has 2 spiro atoms. The lowest BCUT2D eigenvalue weighted by atomic mass is 9.70. The number of thiophene rings is 1. The fourth-order valence-corrected chi connectivity index (χ4v) is 24.6. The van der Waals surface area contributed by atoms with Crippen molar-refractivity contribution in [2.45, 2.75) is 48.9 Å². The van der Waals surface area contributed by atoms with E-state index in [4.69, 9.17) is 0 Å². The van der Waals surface area contributed by atoms with Gasteiger partial charge in [-0.3, -0.25) is 0 Å². The van der Waals surface area contributed by atoms with Gasteiger partial charge < -0.3 is 14.4 Å². The van der Waals surface area contributed by atoms with Gasteiger partial charge in [-0.1, -0.05) is 312 Å². The largest absolute Gasteiger partial charge is 0.310 e. The van der Waals surface area contributed by atoms with E-state index in [9.17, 15) is 0 Å². The molecule has 1 unspecified atom stereocenters. The number of para-hydroxylation sites is 2. The molecule has 6 aliphatic carbocycles. The topological polar surface area (TPSA) is 11.4 Å². The van der Waals surface area contributed by atoms with Crippen LogP contribution in [-0.2, 0) is 28.1 Å². The molecule has 562 valence electrons. The van der Waals surface area contributed by atoms with Crippen LogP contribution in [0.25, 0.3) is 126 Å². The molecule has 2 heterocycles. The van der Waals surface area contributed by atoms with Crippen LogP contribution in [0.5, 0.6) is 0 Å². The Labute approximate surface area is 701 Å². The number of fused-ring (bicyclic) bond motifs is 32. The fraction of sp³-hybridized carbons (Fsp3) is 0.0690. The molecule has 20 aromatic rings. The molecule has 18 aromatic carbocycles. The van der Waals surface area contributed by atoms with Gasteiger partial charge in [0.2, 0.25) is 0 Å². The van der Waals surface area contributed by atoms with Crippen molar-refractivity contribution >= 4 is 87.4 Å². The van der Waals surface area contributed by atoms with Gasteiger partial charge in [0.1, 0.15) is 0 Å². The summed E-state index contributed by atoms with van der Waals surface area (Å²) in [6.07, 6.45) is 0.814. The van der Waals surface area contributed by atoms with Crippen molar-refractivity contribution in [3.63, 3.8) is 0 Å². The minimum absolute atomic E-state index is 0.184. The zero-order chi connectivity index (χ0) is 79.1. The lowest BCUT2D eigenvalue weighted by Crippen LogP contribution is -2.26. The van der Waals surface area contributed by atoms with E-state index in [2.05, 4.69) is 436 Å². The third kappa shape index (κ3) is 9.02. The van der Waals surface area contributed by atoms with Gasteiger partial charge in [-0.25, -0.2) is 0 Å². The van der Waals surface area contributed by atoms with Crippen LogP contribution in [-0.4, -0.2) is 4.57 Å². The Kier molecular flexibility index (Phi) is 14.0. The monoisotopic (exact) mass is 1540 g/mol. The van der Waals surface area contributed by atoms with E-state index in [0.717, 1.165) is 46.2 Å². The van der Waals surface area contributed by atoms with Gasteiger partial charge in [0, 0.05) is 81.6 Å². The van der Waals surface area contributed by atoms with Crippen LogP contribution >= 0.6 is 11.3 Å². The predicted octanol–water partition coefficient (Wildman–Crippen LogP) is 30.3. The van der Waals surface area contributed by atoms with Gasteiger partial charge in [-0.15, -0.1) is 11.3 Å². The van der Waals surface area contributed by atoms with Crippen LogP contribution < -0.4 is 9.80 Å². The number of anilines is 6. The van der Waals surface area contributed by atoms with Crippen LogP contribution in [0.3, 0.4) is 0 Å². The fourth-order valence-electron chi connectivity index (χ4n) is 23.4. The summed E-state index contributed by atoms with van der Waals surface area (Å²) in [5, 5.41) is 5.08. The Hall–Kier alpha value is -14.4. The molecule has 3 nitrogen and oxygen atoms in total. The SMILES string of the molecule is CC1(C)c2ccccc2-c2ccc(N(c3ccc(-c4ccc5sc6c(CC7(C)c8ccccc8-c8ccc(N(c9ccc(-n%10c%11ccccc%11c%11ccccc%11%10)cc9)c9ccc%10c(c9)C9(c%11ccccc%11-c%11ccccc%119)c9ccccc9-%10)cc87)cccc6c5c4)cc3)c3ccc4c(c3)C3(c5ccccc5-c5ccccc53)c3ccccc3-4)cc21. The number of benzene rings is 18. The molecule has 0 bridgehead atoms. The van der Waals surface area contributed by atoms with Crippen molar-refractivity contribution in [3.05, 3.63) is 473 Å². The first-order chi connectivity index (χ1) is 59.1. The van der Waals surface area contributed by atoms with Crippen LogP contribution in [0.4, 0.5) is 34.1 Å². The first kappa shape index (κ1) is 67.7. The zero-order valence-corrected chi connectivity index (χ0v) is 67.4. The van der Waals surface area contributed by atoms with Gasteiger partial charge in [-0.2, -0.15) is 0 Å². The Balaban J connectivity index is 0.586. The van der Waals surface area contributed by atoms with Crippen LogP contribution in [0, 0.1) is 0 Å². The summed E-state index contributed by atoms with van der Waals surface area (Å²) >= 11 is 1.94. The van der Waals surface area contributed by atoms with Crippen LogP contribution in [0.1, 0.15) is 93.1 Å². The normalized spacial score (nSPS) is 15.4. The van der Waals surface area contributed by atoms with E-state index in [1.807, 2.05) is 11.3 Å². The second-order valence-corrected chi connectivity index (χ2v) is 35.7. The highest BCUT2D eigenvalue weighted by atomic mass is 32.1. The number of hydrogen-bond acceptors (Lipinski definition) is 3. The van der Waals surface area contributed by atoms with Gasteiger partial charge in [0.05, 0.1) is 21.9 Å². The van der Waals surface area contributed by atoms with Crippen LogP contribution in [0.15, 0.2) is 400 Å². The summed E-state index contributed by atoms with van der Waals surface area (Å²) in [6.45, 7) is 7.30. The van der Waals surface area contributed by atoms with Gasteiger partial charge in [0.25, 0.3) is 0 Å². The minimum atomic E-state index is -0.512. The van der Waals surface area contributed by atoms with E-state index >= 15 is 0 Å². The summed E-state index contributed by atoms with van der Waals surface area (Å²) in [5.74, 6) is 0. The third-order valence-corrected chi connectivity index (χ3v) is 29.8. The first-order valence-corrected chi connectivity index (χ1v) is 43.0.